The van der Waals surface area contributed by atoms with Crippen LogP contribution in [0.3, 0.4) is 0 Å². The SMILES string of the molecule is C=Cc1cc(C#Cc2ccc(N=C=S)cc2)ccc1C#Cc1ccc2cc(OCCCCCCCCCC)ccc2c1. The van der Waals surface area contributed by atoms with Crippen molar-refractivity contribution in [1.29, 1.82) is 0 Å². The number of nitrogens with zero attached hydrogens (tertiary/aromatic N) is 1. The smallest absolute Gasteiger partial charge is 0.119 e. The lowest BCUT2D eigenvalue weighted by Gasteiger charge is -2.08. The van der Waals surface area contributed by atoms with Crippen molar-refractivity contribution in [2.45, 2.75) is 58.3 Å². The van der Waals surface area contributed by atoms with Gasteiger partial charge < -0.3 is 4.74 Å². The molecule has 0 aliphatic rings. The molecule has 0 radical (unpaired) electrons. The van der Waals surface area contributed by atoms with E-state index in [2.05, 4.69) is 96.0 Å². The van der Waals surface area contributed by atoms with Gasteiger partial charge in [0.2, 0.25) is 0 Å². The number of hydrogen-bond acceptors (Lipinski definition) is 3. The van der Waals surface area contributed by atoms with Crippen LogP contribution in [0.15, 0.2) is 90.4 Å². The molecule has 0 aliphatic heterocycles. The van der Waals surface area contributed by atoms with Gasteiger partial charge in [-0.2, -0.15) is 4.99 Å². The van der Waals surface area contributed by atoms with Gasteiger partial charge in [-0.05, 0) is 102 Å². The van der Waals surface area contributed by atoms with Crippen LogP contribution in [0.5, 0.6) is 5.75 Å². The molecule has 0 amide bonds. The third-order valence-corrected chi connectivity index (χ3v) is 7.18. The number of ether oxygens (including phenoxy) is 1. The van der Waals surface area contributed by atoms with Gasteiger partial charge in [0.15, 0.2) is 0 Å². The Morgan fingerprint density at radius 2 is 1.31 bits per heavy atom. The van der Waals surface area contributed by atoms with Gasteiger partial charge in [-0.15, -0.1) is 0 Å². The van der Waals surface area contributed by atoms with E-state index in [1.807, 2.05) is 48.5 Å². The predicted octanol–water partition coefficient (Wildman–Crippen LogP) is 10.5. The molecule has 42 heavy (non-hydrogen) atoms. The molecule has 0 fully saturated rings. The molecule has 0 saturated heterocycles. The second-order valence-electron chi connectivity index (χ2n) is 10.3. The minimum Gasteiger partial charge on any atom is -0.494 e. The Bertz CT molecular complexity index is 1670. The molecule has 0 spiro atoms. The number of thiocarbonyl (C=S) groups is 1. The van der Waals surface area contributed by atoms with E-state index in [-0.39, 0.29) is 0 Å². The summed E-state index contributed by atoms with van der Waals surface area (Å²) in [6.45, 7) is 7.02. The Hall–Kier alpha value is -4.40. The zero-order valence-electron chi connectivity index (χ0n) is 24.4. The minimum atomic E-state index is 0.766. The van der Waals surface area contributed by atoms with Crippen molar-refractivity contribution in [3.8, 4) is 29.4 Å². The average Bonchev–Trinajstić information content (AvgIpc) is 3.03. The first-order valence-electron chi connectivity index (χ1n) is 14.8. The molecular formula is C39H37NOS. The minimum absolute atomic E-state index is 0.766. The summed E-state index contributed by atoms with van der Waals surface area (Å²) in [6, 6.07) is 26.2. The molecule has 0 atom stereocenters. The largest absolute Gasteiger partial charge is 0.494 e. The predicted molar refractivity (Wildman–Crippen MR) is 182 cm³/mol. The highest BCUT2D eigenvalue weighted by molar-refractivity contribution is 7.78. The Morgan fingerprint density at radius 3 is 2.07 bits per heavy atom. The van der Waals surface area contributed by atoms with Gasteiger partial charge in [-0.1, -0.05) is 100 Å². The summed E-state index contributed by atoms with van der Waals surface area (Å²) in [4.78, 5) is 3.97. The van der Waals surface area contributed by atoms with Crippen LogP contribution < -0.4 is 4.74 Å². The highest BCUT2D eigenvalue weighted by atomic mass is 32.1. The molecule has 4 aromatic rings. The van der Waals surface area contributed by atoms with Crippen LogP contribution in [0.2, 0.25) is 0 Å². The van der Waals surface area contributed by atoms with Crippen LogP contribution in [0.1, 0.15) is 86.1 Å². The lowest BCUT2D eigenvalue weighted by molar-refractivity contribution is 0.304. The van der Waals surface area contributed by atoms with Gasteiger partial charge in [0.1, 0.15) is 5.75 Å². The zero-order chi connectivity index (χ0) is 29.4. The first-order valence-corrected chi connectivity index (χ1v) is 15.2. The summed E-state index contributed by atoms with van der Waals surface area (Å²) in [5.74, 6) is 14.0. The summed E-state index contributed by atoms with van der Waals surface area (Å²) < 4.78 is 6.03. The standard InChI is InChI=1S/C39H37NOS/c1-3-5-6-7-8-9-10-11-26-41-39-25-22-36-28-33(16-21-37(36)29-39)15-20-35-19-14-32(27-34(35)4-2)13-12-31-17-23-38(24-18-31)40-30-42/h4,14,16-19,21-25,27-29H,2-3,5-11,26H2,1H3. The average molecular weight is 568 g/mol. The molecule has 0 saturated carbocycles. The van der Waals surface area contributed by atoms with Crippen molar-refractivity contribution in [2.24, 2.45) is 4.99 Å². The first-order chi connectivity index (χ1) is 20.7. The summed E-state index contributed by atoms with van der Waals surface area (Å²) in [5, 5.41) is 4.68. The normalized spacial score (nSPS) is 10.1. The third-order valence-electron chi connectivity index (χ3n) is 7.08. The van der Waals surface area contributed by atoms with Gasteiger partial charge in [0.25, 0.3) is 0 Å². The maximum Gasteiger partial charge on any atom is 0.119 e. The van der Waals surface area contributed by atoms with E-state index in [4.69, 9.17) is 4.74 Å². The number of isothiocyanates is 1. The van der Waals surface area contributed by atoms with Gasteiger partial charge >= 0.3 is 0 Å². The molecule has 4 rings (SSSR count). The molecule has 3 heteroatoms. The summed E-state index contributed by atoms with van der Waals surface area (Å²) >= 11 is 4.65. The second kappa shape index (κ2) is 16.8. The summed E-state index contributed by atoms with van der Waals surface area (Å²) in [7, 11) is 0. The lowest BCUT2D eigenvalue weighted by atomic mass is 10.0. The monoisotopic (exact) mass is 567 g/mol. The number of aliphatic imine (C=N–C) groups is 1. The second-order valence-corrected chi connectivity index (χ2v) is 10.5. The third kappa shape index (κ3) is 9.61. The first kappa shape index (κ1) is 30.6. The van der Waals surface area contributed by atoms with Gasteiger partial charge in [0.05, 0.1) is 17.5 Å². The van der Waals surface area contributed by atoms with Gasteiger partial charge in [0, 0.05) is 22.3 Å². The fourth-order valence-corrected chi connectivity index (χ4v) is 4.80. The van der Waals surface area contributed by atoms with Crippen LogP contribution in [-0.2, 0) is 0 Å². The van der Waals surface area contributed by atoms with E-state index >= 15 is 0 Å². The zero-order valence-corrected chi connectivity index (χ0v) is 25.2. The Kier molecular flexibility index (Phi) is 12.2. The van der Waals surface area contributed by atoms with Crippen LogP contribution in [0.4, 0.5) is 5.69 Å². The van der Waals surface area contributed by atoms with E-state index in [9.17, 15) is 0 Å². The van der Waals surface area contributed by atoms with E-state index in [1.165, 1.54) is 44.9 Å². The van der Waals surface area contributed by atoms with Crippen LogP contribution >= 0.6 is 12.2 Å². The van der Waals surface area contributed by atoms with Crippen LogP contribution in [0, 0.1) is 23.7 Å². The van der Waals surface area contributed by atoms with Gasteiger partial charge in [-0.3, -0.25) is 0 Å². The van der Waals surface area contributed by atoms with Crippen LogP contribution in [0.25, 0.3) is 16.8 Å². The van der Waals surface area contributed by atoms with Crippen LogP contribution in [-0.4, -0.2) is 11.8 Å². The molecular weight excluding hydrogens is 531 g/mol. The quantitative estimate of drug-likeness (QED) is 0.0735. The molecule has 0 aromatic heterocycles. The van der Waals surface area contributed by atoms with E-state index in [0.717, 1.165) is 63.1 Å². The number of rotatable bonds is 12. The molecule has 0 heterocycles. The maximum atomic E-state index is 6.03. The van der Waals surface area contributed by atoms with Crippen molar-refractivity contribution < 1.29 is 4.74 Å². The molecule has 0 bridgehead atoms. The Labute approximate surface area is 256 Å². The number of fused-ring (bicyclic) bond motifs is 1. The van der Waals surface area contributed by atoms with Crippen molar-refractivity contribution in [2.75, 3.05) is 6.61 Å². The fraction of sp³-hybridized carbons (Fsp3) is 0.256. The van der Waals surface area contributed by atoms with E-state index in [1.54, 1.807) is 0 Å². The molecule has 210 valence electrons. The lowest BCUT2D eigenvalue weighted by Crippen LogP contribution is -1.97. The van der Waals surface area contributed by atoms with Crippen molar-refractivity contribution in [3.63, 3.8) is 0 Å². The molecule has 0 aliphatic carbocycles. The highest BCUT2D eigenvalue weighted by Gasteiger charge is 2.01. The van der Waals surface area contributed by atoms with E-state index in [0.29, 0.717) is 0 Å². The number of benzene rings is 4. The molecule has 2 nitrogen and oxygen atoms in total. The number of unbranched alkanes of at least 4 members (excludes halogenated alkanes) is 7. The highest BCUT2D eigenvalue weighted by Crippen LogP contribution is 2.23. The number of hydrogen-bond donors (Lipinski definition) is 0. The molecule has 4 aromatic carbocycles. The molecule has 0 N–H and O–H groups in total. The summed E-state index contributed by atoms with van der Waals surface area (Å²) in [5.41, 5.74) is 5.42. The Balaban J connectivity index is 1.35. The summed E-state index contributed by atoms with van der Waals surface area (Å²) in [6.07, 6.45) is 12.2. The fourth-order valence-electron chi connectivity index (χ4n) is 4.70. The Morgan fingerprint density at radius 1 is 0.690 bits per heavy atom. The molecule has 0 unspecified atom stereocenters. The van der Waals surface area contributed by atoms with Crippen molar-refractivity contribution >= 4 is 39.9 Å². The maximum absolute atomic E-state index is 6.03. The topological polar surface area (TPSA) is 21.6 Å². The van der Waals surface area contributed by atoms with Crippen molar-refractivity contribution in [3.05, 3.63) is 113 Å². The van der Waals surface area contributed by atoms with E-state index < -0.39 is 0 Å². The van der Waals surface area contributed by atoms with Gasteiger partial charge in [-0.25, -0.2) is 0 Å². The van der Waals surface area contributed by atoms with Crippen molar-refractivity contribution in [1.82, 2.24) is 0 Å².